The van der Waals surface area contributed by atoms with E-state index in [-0.39, 0.29) is 12.4 Å². The number of halogens is 1. The molecule has 0 aliphatic heterocycles. The second-order valence-corrected chi connectivity index (χ2v) is 3.61. The van der Waals surface area contributed by atoms with E-state index in [1.807, 2.05) is 43.6 Å². The summed E-state index contributed by atoms with van der Waals surface area (Å²) in [6, 6.07) is 9.99. The zero-order valence-corrected chi connectivity index (χ0v) is 10.5. The molecule has 0 atom stereocenters. The van der Waals surface area contributed by atoms with Crippen molar-refractivity contribution in [3.63, 3.8) is 0 Å². The van der Waals surface area contributed by atoms with Crippen molar-refractivity contribution < 1.29 is 4.74 Å². The fourth-order valence-electron chi connectivity index (χ4n) is 1.50. The molecule has 1 aromatic carbocycles. The normalized spacial score (nSPS) is 9.76. The number of ether oxygens (including phenoxy) is 1. The zero-order chi connectivity index (χ0) is 11.4. The molecule has 0 saturated carbocycles. The molecular formula is C12H16ClN3O. The van der Waals surface area contributed by atoms with Crippen molar-refractivity contribution in [2.24, 2.45) is 12.8 Å². The molecule has 2 N–H and O–H groups in total. The summed E-state index contributed by atoms with van der Waals surface area (Å²) in [5.41, 5.74) is 7.65. The van der Waals surface area contributed by atoms with Crippen molar-refractivity contribution in [3.8, 4) is 5.88 Å². The summed E-state index contributed by atoms with van der Waals surface area (Å²) in [5, 5.41) is 4.21. The first kappa shape index (κ1) is 13.5. The smallest absolute Gasteiger partial charge is 0.237 e. The Hall–Kier alpha value is -1.52. The predicted octanol–water partition coefficient (Wildman–Crippen LogP) is 1.88. The summed E-state index contributed by atoms with van der Waals surface area (Å²) in [7, 11) is 1.86. The first-order valence-electron chi connectivity index (χ1n) is 5.19. The quantitative estimate of drug-likeness (QED) is 0.905. The summed E-state index contributed by atoms with van der Waals surface area (Å²) >= 11 is 0. The highest BCUT2D eigenvalue weighted by molar-refractivity contribution is 5.85. The van der Waals surface area contributed by atoms with Gasteiger partial charge in [0.15, 0.2) is 0 Å². The van der Waals surface area contributed by atoms with Crippen molar-refractivity contribution in [1.82, 2.24) is 9.78 Å². The summed E-state index contributed by atoms with van der Waals surface area (Å²) in [5.74, 6) is 0.619. The lowest BCUT2D eigenvalue weighted by atomic mass is 10.2. The molecule has 4 nitrogen and oxygen atoms in total. The van der Waals surface area contributed by atoms with Crippen LogP contribution in [0.2, 0.25) is 0 Å². The molecule has 0 radical (unpaired) electrons. The van der Waals surface area contributed by atoms with Crippen molar-refractivity contribution in [1.29, 1.82) is 0 Å². The largest absolute Gasteiger partial charge is 0.472 e. The molecule has 0 fully saturated rings. The van der Waals surface area contributed by atoms with E-state index in [4.69, 9.17) is 10.5 Å². The zero-order valence-electron chi connectivity index (χ0n) is 9.67. The van der Waals surface area contributed by atoms with Crippen LogP contribution >= 0.6 is 12.4 Å². The minimum Gasteiger partial charge on any atom is -0.472 e. The lowest BCUT2D eigenvalue weighted by Gasteiger charge is -2.04. The lowest BCUT2D eigenvalue weighted by molar-refractivity contribution is 0.288. The maximum absolute atomic E-state index is 5.62. The van der Waals surface area contributed by atoms with Crippen LogP contribution in [0.25, 0.3) is 0 Å². The van der Waals surface area contributed by atoms with Crippen LogP contribution in [0.15, 0.2) is 36.5 Å². The third kappa shape index (κ3) is 3.47. The predicted molar refractivity (Wildman–Crippen MR) is 69.1 cm³/mol. The third-order valence-electron chi connectivity index (χ3n) is 2.30. The van der Waals surface area contributed by atoms with Crippen LogP contribution in [0.4, 0.5) is 0 Å². The van der Waals surface area contributed by atoms with Crippen LogP contribution < -0.4 is 10.5 Å². The second-order valence-electron chi connectivity index (χ2n) is 3.61. The number of nitrogens with zero attached hydrogens (tertiary/aromatic N) is 2. The number of aromatic nitrogens is 2. The molecule has 2 rings (SSSR count). The van der Waals surface area contributed by atoms with Crippen LogP contribution in [-0.4, -0.2) is 9.78 Å². The van der Waals surface area contributed by atoms with E-state index < -0.39 is 0 Å². The Morgan fingerprint density at radius 3 is 2.65 bits per heavy atom. The Balaban J connectivity index is 0.00000144. The van der Waals surface area contributed by atoms with E-state index >= 15 is 0 Å². The van der Waals surface area contributed by atoms with Crippen molar-refractivity contribution >= 4 is 12.4 Å². The van der Waals surface area contributed by atoms with Crippen molar-refractivity contribution in [3.05, 3.63) is 47.7 Å². The van der Waals surface area contributed by atoms with Gasteiger partial charge >= 0.3 is 0 Å². The highest BCUT2D eigenvalue weighted by Gasteiger charge is 2.06. The SMILES string of the molecule is Cl.Cn1cc(CN)c(OCc2ccccc2)n1. The van der Waals surface area contributed by atoms with E-state index in [1.54, 1.807) is 4.68 Å². The standard InChI is InChI=1S/C12H15N3O.ClH/c1-15-8-11(7-13)12(14-15)16-9-10-5-3-2-4-6-10;/h2-6,8H,7,9,13H2,1H3;1H. The van der Waals surface area contributed by atoms with Crippen LogP contribution in [0.5, 0.6) is 5.88 Å². The molecule has 0 bridgehead atoms. The molecule has 0 unspecified atom stereocenters. The number of hydrogen-bond acceptors (Lipinski definition) is 3. The highest BCUT2D eigenvalue weighted by Crippen LogP contribution is 2.16. The molecule has 2 aromatic rings. The number of hydrogen-bond donors (Lipinski definition) is 1. The average molecular weight is 254 g/mol. The first-order chi connectivity index (χ1) is 7.79. The molecule has 0 spiro atoms. The Morgan fingerprint density at radius 1 is 1.29 bits per heavy atom. The Labute approximate surface area is 107 Å². The van der Waals surface area contributed by atoms with Gasteiger partial charge in [-0.25, -0.2) is 0 Å². The highest BCUT2D eigenvalue weighted by atomic mass is 35.5. The van der Waals surface area contributed by atoms with Gasteiger partial charge < -0.3 is 10.5 Å². The fourth-order valence-corrected chi connectivity index (χ4v) is 1.50. The monoisotopic (exact) mass is 253 g/mol. The van der Waals surface area contributed by atoms with Gasteiger partial charge in [-0.2, -0.15) is 0 Å². The molecule has 1 heterocycles. The van der Waals surface area contributed by atoms with Gasteiger partial charge in [0.2, 0.25) is 5.88 Å². The maximum atomic E-state index is 5.62. The van der Waals surface area contributed by atoms with Crippen LogP contribution in [-0.2, 0) is 20.2 Å². The van der Waals surface area contributed by atoms with Gasteiger partial charge in [-0.05, 0) is 5.56 Å². The molecule has 92 valence electrons. The molecule has 0 aliphatic carbocycles. The van der Waals surface area contributed by atoms with E-state index in [1.165, 1.54) is 0 Å². The molecular weight excluding hydrogens is 238 g/mol. The molecule has 17 heavy (non-hydrogen) atoms. The van der Waals surface area contributed by atoms with Crippen molar-refractivity contribution in [2.45, 2.75) is 13.2 Å². The van der Waals surface area contributed by atoms with Gasteiger partial charge in [-0.3, -0.25) is 4.68 Å². The summed E-state index contributed by atoms with van der Waals surface area (Å²) in [4.78, 5) is 0. The Morgan fingerprint density at radius 2 is 2.00 bits per heavy atom. The van der Waals surface area contributed by atoms with Crippen LogP contribution in [0, 0.1) is 0 Å². The van der Waals surface area contributed by atoms with Gasteiger partial charge in [-0.15, -0.1) is 17.5 Å². The summed E-state index contributed by atoms with van der Waals surface area (Å²) in [6.45, 7) is 0.961. The minimum atomic E-state index is 0. The topological polar surface area (TPSA) is 53.1 Å². The van der Waals surface area contributed by atoms with Crippen LogP contribution in [0.3, 0.4) is 0 Å². The van der Waals surface area contributed by atoms with Gasteiger partial charge in [0, 0.05) is 25.4 Å². The molecule has 0 saturated heterocycles. The van der Waals surface area contributed by atoms with E-state index in [9.17, 15) is 0 Å². The fraction of sp³-hybridized carbons (Fsp3) is 0.250. The number of rotatable bonds is 4. The third-order valence-corrected chi connectivity index (χ3v) is 2.30. The summed E-state index contributed by atoms with van der Waals surface area (Å²) < 4.78 is 7.33. The van der Waals surface area contributed by atoms with Gasteiger partial charge in [0.1, 0.15) is 6.61 Å². The number of benzene rings is 1. The first-order valence-corrected chi connectivity index (χ1v) is 5.19. The maximum Gasteiger partial charge on any atom is 0.237 e. The van der Waals surface area contributed by atoms with E-state index in [2.05, 4.69) is 5.10 Å². The van der Waals surface area contributed by atoms with Crippen molar-refractivity contribution in [2.75, 3.05) is 0 Å². The minimum absolute atomic E-state index is 0. The van der Waals surface area contributed by atoms with Gasteiger partial charge in [0.05, 0.1) is 0 Å². The van der Waals surface area contributed by atoms with E-state index in [0.717, 1.165) is 11.1 Å². The lowest BCUT2D eigenvalue weighted by Crippen LogP contribution is -2.01. The molecule has 0 aliphatic rings. The molecule has 5 heteroatoms. The number of nitrogens with two attached hydrogens (primary N) is 1. The molecule has 1 aromatic heterocycles. The Bertz CT molecular complexity index is 456. The second kappa shape index (κ2) is 6.27. The Kier molecular flexibility index (Phi) is 5.00. The average Bonchev–Trinajstić information content (AvgIpc) is 2.68. The van der Waals surface area contributed by atoms with Crippen LogP contribution in [0.1, 0.15) is 11.1 Å². The summed E-state index contributed by atoms with van der Waals surface area (Å²) in [6.07, 6.45) is 1.88. The van der Waals surface area contributed by atoms with Gasteiger partial charge in [0.25, 0.3) is 0 Å². The van der Waals surface area contributed by atoms with E-state index in [0.29, 0.717) is 19.0 Å². The van der Waals surface area contributed by atoms with Gasteiger partial charge in [-0.1, -0.05) is 30.3 Å². The number of aryl methyl sites for hydroxylation is 1. The molecule has 0 amide bonds.